The van der Waals surface area contributed by atoms with Crippen LogP contribution in [-0.4, -0.2) is 0 Å². The van der Waals surface area contributed by atoms with E-state index >= 15 is 0 Å². The Morgan fingerprint density at radius 3 is 2.10 bits per heavy atom. The van der Waals surface area contributed by atoms with Crippen LogP contribution in [0.5, 0.6) is 0 Å². The Labute approximate surface area is 170 Å². The maximum absolute atomic E-state index is 6.23. The molecule has 3 aromatic carbocycles. The molecule has 146 valence electrons. The first-order valence-electron chi connectivity index (χ1n) is 11.1. The molecule has 0 unspecified atom stereocenters. The smallest absolute Gasteiger partial charge is 0.136 e. The van der Waals surface area contributed by atoms with Crippen LogP contribution in [0.25, 0.3) is 43.9 Å². The van der Waals surface area contributed by atoms with Gasteiger partial charge in [-0.2, -0.15) is 0 Å². The summed E-state index contributed by atoms with van der Waals surface area (Å²) in [4.78, 5) is 0. The van der Waals surface area contributed by atoms with Gasteiger partial charge in [0, 0.05) is 21.5 Å². The second kappa shape index (κ2) is 6.66. The Bertz CT molecular complexity index is 1330. The van der Waals surface area contributed by atoms with Crippen LogP contribution in [0.1, 0.15) is 56.9 Å². The molecule has 1 saturated carbocycles. The van der Waals surface area contributed by atoms with E-state index in [2.05, 4.69) is 49.4 Å². The quantitative estimate of drug-likeness (QED) is 0.312. The second-order valence-corrected chi connectivity index (χ2v) is 8.81. The van der Waals surface area contributed by atoms with Crippen LogP contribution in [0.3, 0.4) is 0 Å². The second-order valence-electron chi connectivity index (χ2n) is 8.81. The van der Waals surface area contributed by atoms with Crippen molar-refractivity contribution in [1.82, 2.24) is 0 Å². The molecule has 0 aliphatic heterocycles. The van der Waals surface area contributed by atoms with E-state index in [1.54, 1.807) is 0 Å². The van der Waals surface area contributed by atoms with Crippen molar-refractivity contribution < 1.29 is 8.83 Å². The van der Waals surface area contributed by atoms with Crippen LogP contribution < -0.4 is 0 Å². The van der Waals surface area contributed by atoms with Gasteiger partial charge in [0.05, 0.1) is 0 Å². The Morgan fingerprint density at radius 1 is 0.690 bits per heavy atom. The lowest BCUT2D eigenvalue weighted by atomic mass is 9.77. The highest BCUT2D eigenvalue weighted by Gasteiger charge is 2.22. The van der Waals surface area contributed by atoms with Crippen molar-refractivity contribution in [2.45, 2.75) is 51.4 Å². The van der Waals surface area contributed by atoms with Gasteiger partial charge < -0.3 is 8.83 Å². The lowest BCUT2D eigenvalue weighted by Crippen LogP contribution is -2.13. The van der Waals surface area contributed by atoms with E-state index in [9.17, 15) is 0 Å². The summed E-state index contributed by atoms with van der Waals surface area (Å²) in [6.45, 7) is 2.31. The zero-order valence-corrected chi connectivity index (χ0v) is 16.9. The van der Waals surface area contributed by atoms with Crippen molar-refractivity contribution in [3.05, 3.63) is 60.2 Å². The van der Waals surface area contributed by atoms with Crippen LogP contribution in [0, 0.1) is 5.92 Å². The number of fused-ring (bicyclic) bond motifs is 6. The lowest BCUT2D eigenvalue weighted by Gasteiger charge is -2.28. The zero-order chi connectivity index (χ0) is 19.4. The fourth-order valence-electron chi connectivity index (χ4n) is 5.46. The molecule has 0 radical (unpaired) electrons. The van der Waals surface area contributed by atoms with E-state index in [1.165, 1.54) is 49.5 Å². The Hall–Kier alpha value is -2.74. The number of hydrogen-bond donors (Lipinski definition) is 0. The third kappa shape index (κ3) is 2.77. The van der Waals surface area contributed by atoms with Crippen molar-refractivity contribution in [2.24, 2.45) is 5.92 Å². The summed E-state index contributed by atoms with van der Waals surface area (Å²) in [6.07, 6.45) is 8.11. The zero-order valence-electron chi connectivity index (χ0n) is 16.9. The Balaban J connectivity index is 1.44. The normalized spacial score (nSPS) is 20.3. The SMILES string of the molecule is CCCC1CCC(c2ccc3oc4cc5c(cc4c3c2)oc2ccccc25)CC1. The molecule has 0 spiro atoms. The number of para-hydroxylation sites is 1. The van der Waals surface area contributed by atoms with E-state index in [0.29, 0.717) is 5.92 Å². The summed E-state index contributed by atoms with van der Waals surface area (Å²) in [5.74, 6) is 1.63. The first-order chi connectivity index (χ1) is 14.3. The molecule has 2 heteroatoms. The summed E-state index contributed by atoms with van der Waals surface area (Å²) in [6, 6.07) is 19.4. The minimum absolute atomic E-state index is 0.687. The molecule has 2 aromatic heterocycles. The van der Waals surface area contributed by atoms with Gasteiger partial charge in [-0.05, 0) is 73.4 Å². The van der Waals surface area contributed by atoms with Crippen LogP contribution in [0.2, 0.25) is 0 Å². The van der Waals surface area contributed by atoms with E-state index in [4.69, 9.17) is 8.83 Å². The fourth-order valence-corrected chi connectivity index (χ4v) is 5.46. The van der Waals surface area contributed by atoms with Crippen molar-refractivity contribution in [3.8, 4) is 0 Å². The predicted octanol–water partition coefficient (Wildman–Crippen LogP) is 8.56. The number of hydrogen-bond acceptors (Lipinski definition) is 2. The summed E-state index contributed by atoms with van der Waals surface area (Å²) in [7, 11) is 0. The maximum Gasteiger partial charge on any atom is 0.136 e. The molecule has 29 heavy (non-hydrogen) atoms. The van der Waals surface area contributed by atoms with Gasteiger partial charge in [0.2, 0.25) is 0 Å². The highest BCUT2D eigenvalue weighted by molar-refractivity contribution is 6.14. The van der Waals surface area contributed by atoms with Gasteiger partial charge in [0.25, 0.3) is 0 Å². The lowest BCUT2D eigenvalue weighted by molar-refractivity contribution is 0.308. The third-order valence-corrected chi connectivity index (χ3v) is 7.01. The summed E-state index contributed by atoms with van der Waals surface area (Å²) in [5.41, 5.74) is 5.26. The van der Waals surface area contributed by atoms with Gasteiger partial charge >= 0.3 is 0 Å². The van der Waals surface area contributed by atoms with Crippen molar-refractivity contribution in [1.29, 1.82) is 0 Å². The molecular weight excluding hydrogens is 356 g/mol. The highest BCUT2D eigenvalue weighted by Crippen LogP contribution is 2.41. The standard InChI is InChI=1S/C27H26O2/c1-2-5-17-8-10-18(11-9-17)19-12-13-25-21(14-19)23-16-26-22(15-27(23)29-25)20-6-3-4-7-24(20)28-26/h3-4,6-7,12-18H,2,5,8-11H2,1H3. The molecule has 1 fully saturated rings. The first-order valence-corrected chi connectivity index (χ1v) is 11.1. The Morgan fingerprint density at radius 2 is 1.34 bits per heavy atom. The average Bonchev–Trinajstić information content (AvgIpc) is 3.30. The molecule has 0 bridgehead atoms. The van der Waals surface area contributed by atoms with E-state index in [1.807, 2.05) is 12.1 Å². The van der Waals surface area contributed by atoms with E-state index in [0.717, 1.165) is 44.4 Å². The summed E-state index contributed by atoms with van der Waals surface area (Å²) >= 11 is 0. The van der Waals surface area contributed by atoms with Gasteiger partial charge in [-0.15, -0.1) is 0 Å². The van der Waals surface area contributed by atoms with E-state index in [-0.39, 0.29) is 0 Å². The molecule has 0 saturated heterocycles. The molecule has 5 aromatic rings. The number of furan rings is 2. The predicted molar refractivity (Wildman–Crippen MR) is 121 cm³/mol. The van der Waals surface area contributed by atoms with Crippen molar-refractivity contribution in [3.63, 3.8) is 0 Å². The molecule has 2 nitrogen and oxygen atoms in total. The van der Waals surface area contributed by atoms with E-state index < -0.39 is 0 Å². The monoisotopic (exact) mass is 382 g/mol. The minimum atomic E-state index is 0.687. The topological polar surface area (TPSA) is 26.3 Å². The molecular formula is C27H26O2. The summed E-state index contributed by atoms with van der Waals surface area (Å²) in [5, 5.41) is 4.65. The average molecular weight is 383 g/mol. The van der Waals surface area contributed by atoms with Crippen LogP contribution in [0.4, 0.5) is 0 Å². The Kier molecular flexibility index (Phi) is 3.94. The minimum Gasteiger partial charge on any atom is -0.456 e. The molecule has 0 amide bonds. The molecule has 6 rings (SSSR count). The molecule has 1 aliphatic carbocycles. The largest absolute Gasteiger partial charge is 0.456 e. The van der Waals surface area contributed by atoms with Gasteiger partial charge in [-0.3, -0.25) is 0 Å². The molecule has 2 heterocycles. The molecule has 0 N–H and O–H groups in total. The number of rotatable bonds is 3. The van der Waals surface area contributed by atoms with Crippen LogP contribution >= 0.6 is 0 Å². The van der Waals surface area contributed by atoms with Gasteiger partial charge in [-0.1, -0.05) is 44.0 Å². The van der Waals surface area contributed by atoms with Crippen molar-refractivity contribution >= 4 is 43.9 Å². The van der Waals surface area contributed by atoms with Gasteiger partial charge in [0.15, 0.2) is 0 Å². The third-order valence-electron chi connectivity index (χ3n) is 7.01. The van der Waals surface area contributed by atoms with Crippen molar-refractivity contribution in [2.75, 3.05) is 0 Å². The fraction of sp³-hybridized carbons (Fsp3) is 0.333. The number of benzene rings is 3. The molecule has 1 aliphatic rings. The van der Waals surface area contributed by atoms with Gasteiger partial charge in [-0.25, -0.2) is 0 Å². The highest BCUT2D eigenvalue weighted by atomic mass is 16.3. The van der Waals surface area contributed by atoms with Crippen LogP contribution in [-0.2, 0) is 0 Å². The van der Waals surface area contributed by atoms with Gasteiger partial charge in [0.1, 0.15) is 22.3 Å². The molecule has 0 atom stereocenters. The van der Waals surface area contributed by atoms with Crippen LogP contribution in [0.15, 0.2) is 63.4 Å². The maximum atomic E-state index is 6.23. The first kappa shape index (κ1) is 17.1. The summed E-state index contributed by atoms with van der Waals surface area (Å²) < 4.78 is 12.3.